The van der Waals surface area contributed by atoms with Crippen molar-refractivity contribution < 1.29 is 13.9 Å². The molecule has 23 heavy (non-hydrogen) atoms. The van der Waals surface area contributed by atoms with E-state index in [-0.39, 0.29) is 6.61 Å². The van der Waals surface area contributed by atoms with Crippen molar-refractivity contribution in [1.82, 2.24) is 4.98 Å². The van der Waals surface area contributed by atoms with E-state index in [0.29, 0.717) is 11.7 Å². The third-order valence-corrected chi connectivity index (χ3v) is 3.14. The summed E-state index contributed by atoms with van der Waals surface area (Å²) in [5.41, 5.74) is 1.82. The summed E-state index contributed by atoms with van der Waals surface area (Å²) in [6.45, 7) is 0.0534. The SMILES string of the molecule is O=C(C=Cc1ccccc1)OCc1cnc(-c2ccccc2)o1. The summed E-state index contributed by atoms with van der Waals surface area (Å²) in [6, 6.07) is 19.1. The minimum Gasteiger partial charge on any atom is -0.454 e. The topological polar surface area (TPSA) is 52.3 Å². The van der Waals surface area contributed by atoms with Gasteiger partial charge in [-0.1, -0.05) is 48.5 Å². The molecule has 4 heteroatoms. The fourth-order valence-electron chi connectivity index (χ4n) is 2.01. The van der Waals surface area contributed by atoms with Crippen LogP contribution in [-0.2, 0) is 16.1 Å². The van der Waals surface area contributed by atoms with Crippen molar-refractivity contribution >= 4 is 12.0 Å². The molecule has 0 amide bonds. The second-order valence-corrected chi connectivity index (χ2v) is 4.85. The maximum Gasteiger partial charge on any atom is 0.331 e. The summed E-state index contributed by atoms with van der Waals surface area (Å²) >= 11 is 0. The molecule has 0 unspecified atom stereocenters. The summed E-state index contributed by atoms with van der Waals surface area (Å²) < 4.78 is 10.7. The van der Waals surface area contributed by atoms with Gasteiger partial charge in [-0.2, -0.15) is 0 Å². The summed E-state index contributed by atoms with van der Waals surface area (Å²) in [6.07, 6.45) is 4.67. The maximum atomic E-state index is 11.7. The lowest BCUT2D eigenvalue weighted by atomic mass is 10.2. The number of carbonyl (C=O) groups is 1. The number of ether oxygens (including phenoxy) is 1. The van der Waals surface area contributed by atoms with E-state index in [0.717, 1.165) is 11.1 Å². The Morgan fingerprint density at radius 1 is 1.04 bits per heavy atom. The predicted octanol–water partition coefficient (Wildman–Crippen LogP) is 4.10. The van der Waals surface area contributed by atoms with Gasteiger partial charge in [0.05, 0.1) is 6.20 Å². The third-order valence-electron chi connectivity index (χ3n) is 3.14. The number of oxazole rings is 1. The summed E-state index contributed by atoms with van der Waals surface area (Å²) in [7, 11) is 0. The van der Waals surface area contributed by atoms with Gasteiger partial charge in [0, 0.05) is 11.6 Å². The molecule has 0 N–H and O–H groups in total. The number of esters is 1. The van der Waals surface area contributed by atoms with Gasteiger partial charge in [-0.25, -0.2) is 9.78 Å². The van der Waals surface area contributed by atoms with Crippen molar-refractivity contribution in [2.75, 3.05) is 0 Å². The molecule has 4 nitrogen and oxygen atoms in total. The van der Waals surface area contributed by atoms with Crippen molar-refractivity contribution in [3.8, 4) is 11.5 Å². The number of aromatic nitrogens is 1. The zero-order chi connectivity index (χ0) is 15.9. The zero-order valence-electron chi connectivity index (χ0n) is 12.4. The minimum atomic E-state index is -0.425. The number of nitrogens with zero attached hydrogens (tertiary/aromatic N) is 1. The van der Waals surface area contributed by atoms with Crippen LogP contribution in [0.25, 0.3) is 17.5 Å². The highest BCUT2D eigenvalue weighted by Crippen LogP contribution is 2.18. The van der Waals surface area contributed by atoms with E-state index in [9.17, 15) is 4.79 Å². The van der Waals surface area contributed by atoms with Crippen molar-refractivity contribution in [1.29, 1.82) is 0 Å². The predicted molar refractivity (Wildman–Crippen MR) is 87.2 cm³/mol. The van der Waals surface area contributed by atoms with Gasteiger partial charge >= 0.3 is 5.97 Å². The van der Waals surface area contributed by atoms with Gasteiger partial charge in [0.25, 0.3) is 0 Å². The molecule has 1 aromatic heterocycles. The Morgan fingerprint density at radius 3 is 2.48 bits per heavy atom. The second-order valence-electron chi connectivity index (χ2n) is 4.85. The van der Waals surface area contributed by atoms with Crippen molar-refractivity contribution in [2.24, 2.45) is 0 Å². The van der Waals surface area contributed by atoms with E-state index in [1.165, 1.54) is 6.08 Å². The van der Waals surface area contributed by atoms with E-state index >= 15 is 0 Å². The fraction of sp³-hybridized carbons (Fsp3) is 0.0526. The lowest BCUT2D eigenvalue weighted by Gasteiger charge is -1.98. The van der Waals surface area contributed by atoms with Crippen LogP contribution >= 0.6 is 0 Å². The highest BCUT2D eigenvalue weighted by atomic mass is 16.5. The van der Waals surface area contributed by atoms with Crippen LogP contribution in [0.1, 0.15) is 11.3 Å². The van der Waals surface area contributed by atoms with E-state index in [1.807, 2.05) is 60.7 Å². The van der Waals surface area contributed by atoms with E-state index in [1.54, 1.807) is 12.3 Å². The molecule has 0 atom stereocenters. The number of hydrogen-bond donors (Lipinski definition) is 0. The molecule has 0 bridgehead atoms. The van der Waals surface area contributed by atoms with Gasteiger partial charge in [0.15, 0.2) is 12.4 Å². The first kappa shape index (κ1) is 14.8. The van der Waals surface area contributed by atoms with Crippen LogP contribution in [0.4, 0.5) is 0 Å². The van der Waals surface area contributed by atoms with E-state index in [4.69, 9.17) is 9.15 Å². The molecule has 2 aromatic carbocycles. The summed E-state index contributed by atoms with van der Waals surface area (Å²) in [5.74, 6) is 0.591. The molecule has 1 heterocycles. The maximum absolute atomic E-state index is 11.7. The molecule has 0 fully saturated rings. The minimum absolute atomic E-state index is 0.0534. The average molecular weight is 305 g/mol. The first-order valence-electron chi connectivity index (χ1n) is 7.21. The Bertz CT molecular complexity index is 792. The van der Waals surface area contributed by atoms with Gasteiger partial charge in [0.1, 0.15) is 0 Å². The molecule has 114 valence electrons. The highest BCUT2D eigenvalue weighted by Gasteiger charge is 2.07. The fourth-order valence-corrected chi connectivity index (χ4v) is 2.01. The van der Waals surface area contributed by atoms with E-state index in [2.05, 4.69) is 4.98 Å². The van der Waals surface area contributed by atoms with Crippen molar-refractivity contribution in [2.45, 2.75) is 6.61 Å². The van der Waals surface area contributed by atoms with Gasteiger partial charge in [0.2, 0.25) is 5.89 Å². The Morgan fingerprint density at radius 2 is 1.74 bits per heavy atom. The Balaban J connectivity index is 1.55. The largest absolute Gasteiger partial charge is 0.454 e. The van der Waals surface area contributed by atoms with Crippen LogP contribution in [0.3, 0.4) is 0 Å². The van der Waals surface area contributed by atoms with Crippen LogP contribution in [0, 0.1) is 0 Å². The van der Waals surface area contributed by atoms with Gasteiger partial charge < -0.3 is 9.15 Å². The lowest BCUT2D eigenvalue weighted by Crippen LogP contribution is -1.99. The summed E-state index contributed by atoms with van der Waals surface area (Å²) in [4.78, 5) is 15.9. The molecule has 0 aliphatic rings. The second kappa shape index (κ2) is 7.22. The molecule has 0 radical (unpaired) electrons. The Labute approximate surface area is 134 Å². The monoisotopic (exact) mass is 305 g/mol. The molecule has 0 spiro atoms. The Hall–Kier alpha value is -3.14. The number of rotatable bonds is 5. The van der Waals surface area contributed by atoms with E-state index < -0.39 is 5.97 Å². The van der Waals surface area contributed by atoms with Crippen LogP contribution in [0.2, 0.25) is 0 Å². The molecule has 3 aromatic rings. The van der Waals surface area contributed by atoms with Crippen molar-refractivity contribution in [3.05, 3.63) is 84.3 Å². The first-order chi connectivity index (χ1) is 11.3. The molecule has 0 aliphatic carbocycles. The van der Waals surface area contributed by atoms with Gasteiger partial charge in [-0.3, -0.25) is 0 Å². The molecular formula is C19H15NO3. The highest BCUT2D eigenvalue weighted by molar-refractivity contribution is 5.86. The first-order valence-corrected chi connectivity index (χ1v) is 7.21. The number of benzene rings is 2. The van der Waals surface area contributed by atoms with Crippen molar-refractivity contribution in [3.63, 3.8) is 0 Å². The molecule has 0 aliphatic heterocycles. The molecule has 0 saturated heterocycles. The third kappa shape index (κ3) is 4.17. The van der Waals surface area contributed by atoms with Gasteiger partial charge in [-0.15, -0.1) is 0 Å². The van der Waals surface area contributed by atoms with Crippen LogP contribution < -0.4 is 0 Å². The van der Waals surface area contributed by atoms with Crippen LogP contribution in [0.15, 0.2) is 77.4 Å². The Kier molecular flexibility index (Phi) is 4.64. The smallest absolute Gasteiger partial charge is 0.331 e. The lowest BCUT2D eigenvalue weighted by molar-refractivity contribution is -0.139. The normalized spacial score (nSPS) is 10.8. The summed E-state index contributed by atoms with van der Waals surface area (Å²) in [5, 5.41) is 0. The standard InChI is InChI=1S/C19H15NO3/c21-18(12-11-15-7-3-1-4-8-15)22-14-17-13-20-19(23-17)16-9-5-2-6-10-16/h1-13H,14H2. The molecule has 0 saturated carbocycles. The molecular weight excluding hydrogens is 290 g/mol. The van der Waals surface area contributed by atoms with Crippen LogP contribution in [-0.4, -0.2) is 11.0 Å². The quantitative estimate of drug-likeness (QED) is 0.526. The number of hydrogen-bond acceptors (Lipinski definition) is 4. The average Bonchev–Trinajstić information content (AvgIpc) is 3.09. The molecule has 3 rings (SSSR count). The zero-order valence-corrected chi connectivity index (χ0v) is 12.4. The van der Waals surface area contributed by atoms with Crippen LogP contribution in [0.5, 0.6) is 0 Å². The van der Waals surface area contributed by atoms with Gasteiger partial charge in [-0.05, 0) is 23.8 Å². The number of carbonyl (C=O) groups excluding carboxylic acids is 1.